The molecule has 0 aromatic carbocycles. The van der Waals surface area contributed by atoms with E-state index in [1.807, 2.05) is 6.92 Å². The first-order valence-electron chi connectivity index (χ1n) is 4.85. The molecule has 0 fully saturated rings. The number of alkyl halides is 3. The van der Waals surface area contributed by atoms with Crippen LogP contribution in [0.1, 0.15) is 15.2 Å². The fourth-order valence-electron chi connectivity index (χ4n) is 1.27. The third-order valence-corrected chi connectivity index (χ3v) is 4.55. The van der Waals surface area contributed by atoms with Crippen molar-refractivity contribution < 1.29 is 13.6 Å². The molecule has 0 saturated carbocycles. The van der Waals surface area contributed by atoms with Gasteiger partial charge >= 0.3 is 0 Å². The number of carbonyl (C=O) groups excluding carboxylic acids is 1. The summed E-state index contributed by atoms with van der Waals surface area (Å²) in [5.74, 6) is -0.344. The van der Waals surface area contributed by atoms with Crippen LogP contribution in [0.2, 0.25) is 0 Å². The highest BCUT2D eigenvalue weighted by atomic mass is 79.9. The summed E-state index contributed by atoms with van der Waals surface area (Å²) < 4.78 is 25.6. The van der Waals surface area contributed by atoms with Crippen molar-refractivity contribution in [1.29, 1.82) is 0 Å². The summed E-state index contributed by atoms with van der Waals surface area (Å²) >= 11 is 7.74. The van der Waals surface area contributed by atoms with Crippen LogP contribution in [0.25, 0.3) is 0 Å². The second-order valence-electron chi connectivity index (χ2n) is 3.40. The molecule has 0 atom stereocenters. The molecule has 0 aliphatic rings. The number of rotatable bonds is 5. The van der Waals surface area contributed by atoms with Crippen LogP contribution in [0.15, 0.2) is 9.85 Å². The largest absolute Gasteiger partial charge is 0.331 e. The zero-order chi connectivity index (χ0) is 13.0. The maximum Gasteiger partial charge on any atom is 0.264 e. The molecular weight excluding hydrogens is 380 g/mol. The zero-order valence-corrected chi connectivity index (χ0v) is 13.0. The lowest BCUT2D eigenvalue weighted by atomic mass is 10.3. The van der Waals surface area contributed by atoms with Crippen molar-refractivity contribution >= 4 is 49.1 Å². The Hall–Kier alpha value is -0.0100. The standard InChI is InChI=1S/C10H11Br2F2NOS/c1-6-4-7(17-9(6)12)10(16)15(3-2-11)5-8(13)14/h4,8H,2-3,5H2,1H3. The molecular formula is C10H11Br2F2NOS. The first-order valence-corrected chi connectivity index (χ1v) is 7.58. The lowest BCUT2D eigenvalue weighted by molar-refractivity contribution is 0.0576. The Morgan fingerprint density at radius 2 is 2.24 bits per heavy atom. The van der Waals surface area contributed by atoms with Gasteiger partial charge in [0.1, 0.15) is 0 Å². The van der Waals surface area contributed by atoms with Gasteiger partial charge in [0.2, 0.25) is 0 Å². The van der Waals surface area contributed by atoms with Crippen LogP contribution in [0.5, 0.6) is 0 Å². The van der Waals surface area contributed by atoms with Crippen LogP contribution in [0, 0.1) is 6.92 Å². The van der Waals surface area contributed by atoms with Gasteiger partial charge in [0.05, 0.1) is 15.2 Å². The highest BCUT2D eigenvalue weighted by molar-refractivity contribution is 9.11. The third kappa shape index (κ3) is 4.30. The van der Waals surface area contributed by atoms with Crippen LogP contribution < -0.4 is 0 Å². The quantitative estimate of drug-likeness (QED) is 0.697. The van der Waals surface area contributed by atoms with Crippen molar-refractivity contribution in [3.63, 3.8) is 0 Å². The van der Waals surface area contributed by atoms with Gasteiger partial charge in [-0.2, -0.15) is 0 Å². The van der Waals surface area contributed by atoms with E-state index in [-0.39, 0.29) is 12.5 Å². The lowest BCUT2D eigenvalue weighted by Gasteiger charge is -2.20. The molecule has 0 spiro atoms. The Bertz CT molecular complexity index is 378. The molecule has 0 aliphatic carbocycles. The van der Waals surface area contributed by atoms with Crippen molar-refractivity contribution in [2.45, 2.75) is 13.3 Å². The molecule has 1 rings (SSSR count). The highest BCUT2D eigenvalue weighted by Crippen LogP contribution is 2.28. The van der Waals surface area contributed by atoms with Crippen molar-refractivity contribution in [3.05, 3.63) is 20.3 Å². The van der Waals surface area contributed by atoms with Crippen LogP contribution in [-0.4, -0.2) is 35.7 Å². The van der Waals surface area contributed by atoms with Crippen LogP contribution >= 0.6 is 43.2 Å². The second kappa shape index (κ2) is 6.80. The Morgan fingerprint density at radius 1 is 1.59 bits per heavy atom. The average molecular weight is 391 g/mol. The Morgan fingerprint density at radius 3 is 2.65 bits per heavy atom. The van der Waals surface area contributed by atoms with Gasteiger partial charge in [0.25, 0.3) is 12.3 Å². The van der Waals surface area contributed by atoms with Crippen molar-refractivity contribution in [2.24, 2.45) is 0 Å². The van der Waals surface area contributed by atoms with E-state index in [4.69, 9.17) is 0 Å². The van der Waals surface area contributed by atoms with Gasteiger partial charge in [0, 0.05) is 11.9 Å². The lowest BCUT2D eigenvalue weighted by Crippen LogP contribution is -2.36. The first kappa shape index (κ1) is 15.0. The Balaban J connectivity index is 2.83. The van der Waals surface area contributed by atoms with E-state index < -0.39 is 13.0 Å². The summed E-state index contributed by atoms with van der Waals surface area (Å²) in [5.41, 5.74) is 0.939. The number of nitrogens with zero attached hydrogens (tertiary/aromatic N) is 1. The molecule has 96 valence electrons. The summed E-state index contributed by atoms with van der Waals surface area (Å²) in [5, 5.41) is 0.483. The molecule has 0 radical (unpaired) electrons. The predicted octanol–water partition coefficient (Wildman–Crippen LogP) is 3.92. The normalized spacial score (nSPS) is 10.9. The topological polar surface area (TPSA) is 20.3 Å². The Kier molecular flexibility index (Phi) is 6.02. The van der Waals surface area contributed by atoms with E-state index in [1.54, 1.807) is 6.07 Å². The fraction of sp³-hybridized carbons (Fsp3) is 0.500. The van der Waals surface area contributed by atoms with Crippen molar-refractivity contribution in [1.82, 2.24) is 4.90 Å². The zero-order valence-electron chi connectivity index (χ0n) is 9.05. The van der Waals surface area contributed by atoms with Crippen molar-refractivity contribution in [3.8, 4) is 0 Å². The molecule has 1 heterocycles. The van der Waals surface area contributed by atoms with Gasteiger partial charge in [-0.3, -0.25) is 4.79 Å². The minimum Gasteiger partial charge on any atom is -0.331 e. The summed E-state index contributed by atoms with van der Waals surface area (Å²) in [6.07, 6.45) is -2.51. The van der Waals surface area contributed by atoms with E-state index in [0.717, 1.165) is 14.2 Å². The fourth-order valence-corrected chi connectivity index (χ4v) is 3.20. The number of halogens is 4. The molecule has 1 amide bonds. The van der Waals surface area contributed by atoms with E-state index in [0.29, 0.717) is 10.2 Å². The van der Waals surface area contributed by atoms with E-state index in [1.165, 1.54) is 11.3 Å². The molecule has 17 heavy (non-hydrogen) atoms. The molecule has 0 aliphatic heterocycles. The number of carbonyl (C=O) groups is 1. The maximum absolute atomic E-state index is 12.4. The number of amides is 1. The van der Waals surface area contributed by atoms with E-state index in [9.17, 15) is 13.6 Å². The minimum absolute atomic E-state index is 0.276. The van der Waals surface area contributed by atoms with Gasteiger partial charge in [-0.05, 0) is 34.5 Å². The van der Waals surface area contributed by atoms with E-state index >= 15 is 0 Å². The predicted molar refractivity (Wildman–Crippen MR) is 72.5 cm³/mol. The SMILES string of the molecule is Cc1cc(C(=O)N(CCBr)CC(F)F)sc1Br. The van der Waals surface area contributed by atoms with Gasteiger partial charge in [-0.25, -0.2) is 8.78 Å². The van der Waals surface area contributed by atoms with Crippen LogP contribution in [-0.2, 0) is 0 Å². The molecule has 2 nitrogen and oxygen atoms in total. The third-order valence-electron chi connectivity index (χ3n) is 2.07. The summed E-state index contributed by atoms with van der Waals surface area (Å²) in [6.45, 7) is 1.61. The summed E-state index contributed by atoms with van der Waals surface area (Å²) in [6, 6.07) is 1.71. The molecule has 1 aromatic heterocycles. The maximum atomic E-state index is 12.4. The monoisotopic (exact) mass is 389 g/mol. The number of hydrogen-bond acceptors (Lipinski definition) is 2. The molecule has 7 heteroatoms. The minimum atomic E-state index is -2.51. The molecule has 0 N–H and O–H groups in total. The highest BCUT2D eigenvalue weighted by Gasteiger charge is 2.21. The number of hydrogen-bond donors (Lipinski definition) is 0. The second-order valence-corrected chi connectivity index (χ2v) is 6.56. The number of aryl methyl sites for hydroxylation is 1. The smallest absolute Gasteiger partial charge is 0.264 e. The van der Waals surface area contributed by atoms with Gasteiger partial charge < -0.3 is 4.90 Å². The Labute approximate surface area is 119 Å². The van der Waals surface area contributed by atoms with Crippen LogP contribution in [0.3, 0.4) is 0 Å². The van der Waals surface area contributed by atoms with Crippen LogP contribution in [0.4, 0.5) is 8.78 Å². The molecule has 0 unspecified atom stereocenters. The molecule has 0 saturated heterocycles. The summed E-state index contributed by atoms with van der Waals surface area (Å²) in [4.78, 5) is 13.6. The molecule has 0 bridgehead atoms. The van der Waals surface area contributed by atoms with Gasteiger partial charge in [-0.1, -0.05) is 15.9 Å². The van der Waals surface area contributed by atoms with E-state index in [2.05, 4.69) is 31.9 Å². The van der Waals surface area contributed by atoms with Gasteiger partial charge in [-0.15, -0.1) is 11.3 Å². The van der Waals surface area contributed by atoms with Crippen molar-refractivity contribution in [2.75, 3.05) is 18.4 Å². The van der Waals surface area contributed by atoms with Gasteiger partial charge in [0.15, 0.2) is 0 Å². The molecule has 1 aromatic rings. The average Bonchev–Trinajstić information content (AvgIpc) is 2.57. The first-order chi connectivity index (χ1) is 7.95. The number of thiophene rings is 1. The summed E-state index contributed by atoms with van der Waals surface area (Å²) in [7, 11) is 0.